The molecule has 8 nitrogen and oxygen atoms in total. The maximum atomic E-state index is 11.2. The van der Waals surface area contributed by atoms with Gasteiger partial charge in [-0.05, 0) is 0 Å². The van der Waals surface area contributed by atoms with Gasteiger partial charge in [-0.2, -0.15) is 8.42 Å². The Kier molecular flexibility index (Phi) is 7.61. The fourth-order valence-corrected chi connectivity index (χ4v) is 1.31. The number of hydrogen-bond acceptors (Lipinski definition) is 7. The Hall–Kier alpha value is -1.74. The van der Waals surface area contributed by atoms with Gasteiger partial charge in [-0.3, -0.25) is 9.55 Å². The van der Waals surface area contributed by atoms with Crippen LogP contribution in [0.15, 0.2) is 16.6 Å². The van der Waals surface area contributed by atoms with Gasteiger partial charge in [0.2, 0.25) is 0 Å². The van der Waals surface area contributed by atoms with Crippen molar-refractivity contribution in [1.29, 1.82) is 0 Å². The highest BCUT2D eigenvalue weighted by Gasteiger charge is 2.18. The molecule has 0 atom stereocenters. The second kappa shape index (κ2) is 8.38. The number of allylic oxidation sites excluding steroid dienone is 1. The lowest BCUT2D eigenvalue weighted by atomic mass is 10.2. The summed E-state index contributed by atoms with van der Waals surface area (Å²) in [6, 6.07) is 0. The van der Waals surface area contributed by atoms with Crippen LogP contribution in [0.1, 0.15) is 6.42 Å². The Morgan fingerprint density at radius 1 is 1.21 bits per heavy atom. The Bertz CT molecular complexity index is 460. The van der Waals surface area contributed by atoms with Crippen molar-refractivity contribution < 1.29 is 32.0 Å². The van der Waals surface area contributed by atoms with E-state index in [9.17, 15) is 18.0 Å². The van der Waals surface area contributed by atoms with E-state index in [2.05, 4.69) is 14.5 Å². The molecule has 0 saturated carbocycles. The number of ether oxygens (including phenoxy) is 2. The molecule has 0 fully saturated rings. The zero-order valence-corrected chi connectivity index (χ0v) is 11.3. The summed E-state index contributed by atoms with van der Waals surface area (Å²) in [5.41, 5.74) is -0.272. The maximum absolute atomic E-state index is 11.2. The Labute approximate surface area is 110 Å². The molecule has 0 aromatic rings. The van der Waals surface area contributed by atoms with Crippen molar-refractivity contribution in [3.05, 3.63) is 11.6 Å². The average Bonchev–Trinajstić information content (AvgIpc) is 2.35. The second-order valence-electron chi connectivity index (χ2n) is 3.21. The molecule has 0 aromatic carbocycles. The van der Waals surface area contributed by atoms with Gasteiger partial charge in [0.1, 0.15) is 5.57 Å². The van der Waals surface area contributed by atoms with Crippen molar-refractivity contribution in [3.63, 3.8) is 0 Å². The third kappa shape index (κ3) is 8.06. The van der Waals surface area contributed by atoms with Gasteiger partial charge in [-0.25, -0.2) is 9.59 Å². The van der Waals surface area contributed by atoms with Crippen molar-refractivity contribution in [1.82, 2.24) is 0 Å². The molecule has 0 spiro atoms. The van der Waals surface area contributed by atoms with Crippen LogP contribution in [0.5, 0.6) is 0 Å². The molecule has 0 saturated heterocycles. The normalized spacial score (nSPS) is 11.1. The molecule has 0 rings (SSSR count). The molecular formula is C10H15NO7S. The summed E-state index contributed by atoms with van der Waals surface area (Å²) < 4.78 is 38.0. The standard InChI is InChI=1S/C10H15NO7S/c1-17-9(12)8(10(13)18-2)4-3-5-11-6-7-19(14,15)16/h4-5H,3,6-7H2,1-2H3,(H,14,15,16). The van der Waals surface area contributed by atoms with Crippen LogP contribution < -0.4 is 0 Å². The van der Waals surface area contributed by atoms with Gasteiger partial charge >= 0.3 is 11.9 Å². The molecule has 0 bridgehead atoms. The van der Waals surface area contributed by atoms with Crippen molar-refractivity contribution in [2.24, 2.45) is 4.99 Å². The van der Waals surface area contributed by atoms with Crippen LogP contribution in [0, 0.1) is 0 Å². The van der Waals surface area contributed by atoms with E-state index in [0.29, 0.717) is 0 Å². The molecule has 0 aliphatic heterocycles. The van der Waals surface area contributed by atoms with Gasteiger partial charge in [0.25, 0.3) is 10.1 Å². The molecule has 1 N–H and O–H groups in total. The van der Waals surface area contributed by atoms with E-state index in [-0.39, 0.29) is 18.5 Å². The van der Waals surface area contributed by atoms with Crippen molar-refractivity contribution in [3.8, 4) is 0 Å². The third-order valence-corrected chi connectivity index (χ3v) is 2.54. The number of hydrogen-bond donors (Lipinski definition) is 1. The summed E-state index contributed by atoms with van der Waals surface area (Å²) in [6.45, 7) is -0.113. The summed E-state index contributed by atoms with van der Waals surface area (Å²) in [6.07, 6.45) is 2.66. The van der Waals surface area contributed by atoms with Gasteiger partial charge < -0.3 is 9.47 Å². The van der Waals surface area contributed by atoms with E-state index in [1.807, 2.05) is 0 Å². The largest absolute Gasteiger partial charge is 0.465 e. The number of rotatable bonds is 7. The van der Waals surface area contributed by atoms with Crippen LogP contribution in [0.4, 0.5) is 0 Å². The zero-order chi connectivity index (χ0) is 14.9. The minimum Gasteiger partial charge on any atom is -0.465 e. The highest BCUT2D eigenvalue weighted by Crippen LogP contribution is 2.01. The van der Waals surface area contributed by atoms with E-state index in [4.69, 9.17) is 4.55 Å². The van der Waals surface area contributed by atoms with Crippen molar-refractivity contribution in [2.45, 2.75) is 6.42 Å². The van der Waals surface area contributed by atoms with Crippen molar-refractivity contribution in [2.75, 3.05) is 26.5 Å². The molecule has 0 unspecified atom stereocenters. The van der Waals surface area contributed by atoms with Crippen LogP contribution in [0.25, 0.3) is 0 Å². The van der Waals surface area contributed by atoms with E-state index in [1.54, 1.807) is 0 Å². The molecule has 0 amide bonds. The molecule has 0 aliphatic rings. The first-order chi connectivity index (χ1) is 8.81. The number of methoxy groups -OCH3 is 2. The van der Waals surface area contributed by atoms with Gasteiger partial charge in [0, 0.05) is 12.6 Å². The quantitative estimate of drug-likeness (QED) is 0.169. The lowest BCUT2D eigenvalue weighted by molar-refractivity contribution is -0.144. The van der Waals surface area contributed by atoms with E-state index >= 15 is 0 Å². The first kappa shape index (κ1) is 17.3. The summed E-state index contributed by atoms with van der Waals surface area (Å²) in [4.78, 5) is 26.1. The first-order valence-corrected chi connectivity index (χ1v) is 6.73. The van der Waals surface area contributed by atoms with Crippen LogP contribution in [0.3, 0.4) is 0 Å². The second-order valence-corrected chi connectivity index (χ2v) is 4.78. The van der Waals surface area contributed by atoms with Crippen LogP contribution in [-0.2, 0) is 29.2 Å². The smallest absolute Gasteiger partial charge is 0.344 e. The number of aliphatic imine (C=N–C) groups is 1. The summed E-state index contributed by atoms with van der Waals surface area (Å²) in [5.74, 6) is -2.16. The molecule has 108 valence electrons. The zero-order valence-electron chi connectivity index (χ0n) is 10.5. The maximum Gasteiger partial charge on any atom is 0.344 e. The number of esters is 2. The lowest BCUT2D eigenvalue weighted by Gasteiger charge is -2.01. The molecule has 19 heavy (non-hydrogen) atoms. The van der Waals surface area contributed by atoms with Crippen molar-refractivity contribution >= 4 is 28.3 Å². The molecule has 0 aromatic heterocycles. The minimum absolute atomic E-state index is 0.113. The first-order valence-electron chi connectivity index (χ1n) is 5.12. The summed E-state index contributed by atoms with van der Waals surface area (Å²) in [7, 11) is -1.79. The SMILES string of the molecule is COC(=O)C(=CCC=NCCS(=O)(=O)O)C(=O)OC. The predicted molar refractivity (Wildman–Crippen MR) is 66.5 cm³/mol. The highest BCUT2D eigenvalue weighted by molar-refractivity contribution is 7.85. The molecule has 0 heterocycles. The topological polar surface area (TPSA) is 119 Å². The van der Waals surface area contributed by atoms with E-state index in [1.165, 1.54) is 12.3 Å². The van der Waals surface area contributed by atoms with Gasteiger partial charge in [-0.1, -0.05) is 6.08 Å². The third-order valence-electron chi connectivity index (χ3n) is 1.85. The summed E-state index contributed by atoms with van der Waals surface area (Å²) >= 11 is 0. The van der Waals surface area contributed by atoms with Crippen LogP contribution in [-0.4, -0.2) is 57.6 Å². The van der Waals surface area contributed by atoms with Gasteiger partial charge in [0.15, 0.2) is 0 Å². The van der Waals surface area contributed by atoms with Crippen LogP contribution >= 0.6 is 0 Å². The average molecular weight is 293 g/mol. The molecule has 0 aliphatic carbocycles. The monoisotopic (exact) mass is 293 g/mol. The fourth-order valence-electron chi connectivity index (χ4n) is 0.974. The Morgan fingerprint density at radius 3 is 2.16 bits per heavy atom. The lowest BCUT2D eigenvalue weighted by Crippen LogP contribution is -2.15. The van der Waals surface area contributed by atoms with Crippen LogP contribution in [0.2, 0.25) is 0 Å². The Morgan fingerprint density at radius 2 is 1.74 bits per heavy atom. The molecular weight excluding hydrogens is 278 g/mol. The minimum atomic E-state index is -4.04. The van der Waals surface area contributed by atoms with Gasteiger partial charge in [0.05, 0.1) is 26.5 Å². The van der Waals surface area contributed by atoms with E-state index in [0.717, 1.165) is 14.2 Å². The summed E-state index contributed by atoms with van der Waals surface area (Å²) in [5, 5.41) is 0. The Balaban J connectivity index is 4.44. The van der Waals surface area contributed by atoms with Gasteiger partial charge in [-0.15, -0.1) is 0 Å². The number of carbonyl (C=O) groups excluding carboxylic acids is 2. The molecule has 9 heteroatoms. The van der Waals surface area contributed by atoms with E-state index < -0.39 is 27.8 Å². The highest BCUT2D eigenvalue weighted by atomic mass is 32.2. The predicted octanol–water partition coefficient (Wildman–Crippen LogP) is -0.392. The fraction of sp³-hybridized carbons (Fsp3) is 0.500. The number of carbonyl (C=O) groups is 2. The number of nitrogens with zero attached hydrogens (tertiary/aromatic N) is 1. The molecule has 0 radical (unpaired) electrons.